The molecule has 0 aliphatic heterocycles. The van der Waals surface area contributed by atoms with Gasteiger partial charge in [0.05, 0.1) is 11.4 Å². The molecular weight excluding hydrogens is 597 g/mol. The van der Waals surface area contributed by atoms with Gasteiger partial charge in [0.1, 0.15) is 11.2 Å². The highest BCUT2D eigenvalue weighted by atomic mass is 16.3. The Morgan fingerprint density at radius 2 is 0.776 bits per heavy atom. The number of aromatic nitrogens is 2. The quantitative estimate of drug-likeness (QED) is 0.184. The lowest BCUT2D eigenvalue weighted by Gasteiger charge is -2.11. The van der Waals surface area contributed by atoms with Crippen molar-refractivity contribution in [1.82, 2.24) is 9.97 Å². The van der Waals surface area contributed by atoms with Crippen LogP contribution in [0.3, 0.4) is 0 Å². The van der Waals surface area contributed by atoms with Crippen molar-refractivity contribution in [3.8, 4) is 67.3 Å². The Morgan fingerprint density at radius 3 is 1.31 bits per heavy atom. The van der Waals surface area contributed by atoms with E-state index < -0.39 is 0 Å². The minimum absolute atomic E-state index is 0.658. The molecule has 0 aliphatic rings. The molecule has 3 nitrogen and oxygen atoms in total. The standard InChI is InChI=1S/C46H30N2O/c1-4-11-31(12-5-1)34-19-23-36(24-20-34)41-30-42(37-25-21-35(22-26-37)32-13-6-2-7-14-32)48-46(47-41)39-17-10-18-44-45(39)40-29-38(27-28-43(40)49-44)33-15-8-3-9-16-33/h1-30H. The third-order valence-corrected chi connectivity index (χ3v) is 9.14. The van der Waals surface area contributed by atoms with Crippen molar-refractivity contribution in [3.05, 3.63) is 182 Å². The molecule has 0 saturated heterocycles. The van der Waals surface area contributed by atoms with Crippen LogP contribution in [0.25, 0.3) is 89.2 Å². The number of fused-ring (bicyclic) bond motifs is 3. The van der Waals surface area contributed by atoms with E-state index in [1.54, 1.807) is 0 Å². The zero-order valence-corrected chi connectivity index (χ0v) is 26.6. The normalized spacial score (nSPS) is 11.3. The van der Waals surface area contributed by atoms with Gasteiger partial charge in [-0.25, -0.2) is 9.97 Å². The molecule has 0 fully saturated rings. The third kappa shape index (κ3) is 5.48. The van der Waals surface area contributed by atoms with Gasteiger partial charge in [-0.05, 0) is 57.6 Å². The van der Waals surface area contributed by atoms with Crippen molar-refractivity contribution in [2.75, 3.05) is 0 Å². The summed E-state index contributed by atoms with van der Waals surface area (Å²) < 4.78 is 6.39. The summed E-state index contributed by atoms with van der Waals surface area (Å²) in [5.74, 6) is 0.658. The van der Waals surface area contributed by atoms with E-state index in [0.717, 1.165) is 61.1 Å². The summed E-state index contributed by atoms with van der Waals surface area (Å²) in [5.41, 5.74) is 13.4. The van der Waals surface area contributed by atoms with Gasteiger partial charge in [0.25, 0.3) is 0 Å². The zero-order valence-electron chi connectivity index (χ0n) is 26.6. The van der Waals surface area contributed by atoms with Gasteiger partial charge in [-0.1, -0.05) is 158 Å². The molecule has 2 aromatic heterocycles. The van der Waals surface area contributed by atoms with Gasteiger partial charge < -0.3 is 4.42 Å². The lowest BCUT2D eigenvalue weighted by Crippen LogP contribution is -1.96. The highest BCUT2D eigenvalue weighted by Gasteiger charge is 2.18. The van der Waals surface area contributed by atoms with Crippen LogP contribution < -0.4 is 0 Å². The zero-order chi connectivity index (χ0) is 32.6. The van der Waals surface area contributed by atoms with Gasteiger partial charge in [0, 0.05) is 27.5 Å². The second-order valence-electron chi connectivity index (χ2n) is 12.2. The Bertz CT molecular complexity index is 2450. The summed E-state index contributed by atoms with van der Waals surface area (Å²) in [6.45, 7) is 0. The fourth-order valence-electron chi connectivity index (χ4n) is 6.61. The van der Waals surface area contributed by atoms with E-state index in [1.165, 1.54) is 22.3 Å². The molecule has 0 aliphatic carbocycles. The summed E-state index contributed by atoms with van der Waals surface area (Å²) in [5, 5.41) is 2.05. The van der Waals surface area contributed by atoms with Crippen molar-refractivity contribution in [3.63, 3.8) is 0 Å². The van der Waals surface area contributed by atoms with Crippen molar-refractivity contribution >= 4 is 21.9 Å². The maximum atomic E-state index is 6.39. The maximum absolute atomic E-state index is 6.39. The topological polar surface area (TPSA) is 38.9 Å². The molecule has 2 heterocycles. The van der Waals surface area contributed by atoms with E-state index in [-0.39, 0.29) is 0 Å². The summed E-state index contributed by atoms with van der Waals surface area (Å²) >= 11 is 0. The molecule has 0 unspecified atom stereocenters. The van der Waals surface area contributed by atoms with Crippen LogP contribution in [0.1, 0.15) is 0 Å². The smallest absolute Gasteiger partial charge is 0.161 e. The lowest BCUT2D eigenvalue weighted by atomic mass is 9.99. The molecule has 0 saturated carbocycles. The first-order chi connectivity index (χ1) is 24.3. The van der Waals surface area contributed by atoms with E-state index in [4.69, 9.17) is 14.4 Å². The van der Waals surface area contributed by atoms with Gasteiger partial charge in [-0.3, -0.25) is 0 Å². The Kier molecular flexibility index (Phi) is 7.14. The second-order valence-corrected chi connectivity index (χ2v) is 12.2. The molecule has 0 radical (unpaired) electrons. The number of nitrogens with zero attached hydrogens (tertiary/aromatic N) is 2. The number of hydrogen-bond donors (Lipinski definition) is 0. The first-order valence-corrected chi connectivity index (χ1v) is 16.5. The minimum Gasteiger partial charge on any atom is -0.456 e. The van der Waals surface area contributed by atoms with Crippen LogP contribution in [0.4, 0.5) is 0 Å². The van der Waals surface area contributed by atoms with Crippen LogP contribution in [-0.4, -0.2) is 9.97 Å². The molecule has 7 aromatic carbocycles. The van der Waals surface area contributed by atoms with Crippen LogP contribution in [0.2, 0.25) is 0 Å². The third-order valence-electron chi connectivity index (χ3n) is 9.14. The van der Waals surface area contributed by atoms with Crippen LogP contribution in [0, 0.1) is 0 Å². The van der Waals surface area contributed by atoms with E-state index in [2.05, 4.69) is 152 Å². The number of benzene rings is 7. The van der Waals surface area contributed by atoms with Gasteiger partial charge >= 0.3 is 0 Å². The van der Waals surface area contributed by atoms with E-state index in [9.17, 15) is 0 Å². The van der Waals surface area contributed by atoms with Crippen LogP contribution in [0.5, 0.6) is 0 Å². The highest BCUT2D eigenvalue weighted by Crippen LogP contribution is 2.39. The Balaban J connectivity index is 1.21. The second kappa shape index (κ2) is 12.2. The average molecular weight is 627 g/mol. The number of rotatable bonds is 6. The molecular formula is C46H30N2O. The van der Waals surface area contributed by atoms with E-state index in [0.29, 0.717) is 5.82 Å². The summed E-state index contributed by atoms with van der Waals surface area (Å²) in [4.78, 5) is 10.5. The molecule has 9 aromatic rings. The first kappa shape index (κ1) is 28.6. The van der Waals surface area contributed by atoms with Crippen molar-refractivity contribution in [2.45, 2.75) is 0 Å². The fraction of sp³-hybridized carbons (Fsp3) is 0. The fourth-order valence-corrected chi connectivity index (χ4v) is 6.61. The SMILES string of the molecule is c1ccc(-c2ccc(-c3cc(-c4ccc(-c5ccccc5)cc4)nc(-c4cccc5oc6ccc(-c7ccccc7)cc6c45)n3)cc2)cc1. The minimum atomic E-state index is 0.658. The largest absolute Gasteiger partial charge is 0.456 e. The van der Waals surface area contributed by atoms with E-state index >= 15 is 0 Å². The predicted octanol–water partition coefficient (Wildman–Crippen LogP) is 12.4. The van der Waals surface area contributed by atoms with E-state index in [1.807, 2.05) is 30.3 Å². The molecule has 0 spiro atoms. The number of furan rings is 1. The van der Waals surface area contributed by atoms with Gasteiger partial charge in [-0.15, -0.1) is 0 Å². The molecule has 230 valence electrons. The highest BCUT2D eigenvalue weighted by molar-refractivity contribution is 6.12. The molecule has 3 heteroatoms. The summed E-state index contributed by atoms with van der Waals surface area (Å²) in [6.07, 6.45) is 0. The Morgan fingerprint density at radius 1 is 0.327 bits per heavy atom. The molecule has 49 heavy (non-hydrogen) atoms. The summed E-state index contributed by atoms with van der Waals surface area (Å²) in [6, 6.07) is 63.2. The lowest BCUT2D eigenvalue weighted by molar-refractivity contribution is 0.669. The molecule has 0 atom stereocenters. The van der Waals surface area contributed by atoms with Crippen molar-refractivity contribution in [2.24, 2.45) is 0 Å². The van der Waals surface area contributed by atoms with Gasteiger partial charge in [0.2, 0.25) is 0 Å². The molecule has 0 amide bonds. The maximum Gasteiger partial charge on any atom is 0.161 e. The molecule has 0 bridgehead atoms. The monoisotopic (exact) mass is 626 g/mol. The van der Waals surface area contributed by atoms with Crippen molar-refractivity contribution in [1.29, 1.82) is 0 Å². The molecule has 0 N–H and O–H groups in total. The Labute approximate surface area is 284 Å². The van der Waals surface area contributed by atoms with Crippen LogP contribution >= 0.6 is 0 Å². The van der Waals surface area contributed by atoms with Crippen LogP contribution in [0.15, 0.2) is 186 Å². The predicted molar refractivity (Wildman–Crippen MR) is 202 cm³/mol. The number of hydrogen-bond acceptors (Lipinski definition) is 3. The Hall–Kier alpha value is -6.58. The van der Waals surface area contributed by atoms with Crippen molar-refractivity contribution < 1.29 is 4.42 Å². The van der Waals surface area contributed by atoms with Gasteiger partial charge in [0.15, 0.2) is 5.82 Å². The molecule has 9 rings (SSSR count). The van der Waals surface area contributed by atoms with Crippen LogP contribution in [-0.2, 0) is 0 Å². The van der Waals surface area contributed by atoms with Gasteiger partial charge in [-0.2, -0.15) is 0 Å². The summed E-state index contributed by atoms with van der Waals surface area (Å²) in [7, 11) is 0. The average Bonchev–Trinajstić information content (AvgIpc) is 3.57. The first-order valence-electron chi connectivity index (χ1n) is 16.5.